The van der Waals surface area contributed by atoms with Crippen LogP contribution in [0.5, 0.6) is 0 Å². The van der Waals surface area contributed by atoms with Crippen LogP contribution < -0.4 is 5.32 Å². The lowest BCUT2D eigenvalue weighted by atomic mass is 10.1. The van der Waals surface area contributed by atoms with E-state index < -0.39 is 0 Å². The van der Waals surface area contributed by atoms with Crippen LogP contribution in [0.3, 0.4) is 0 Å². The number of nitrogens with one attached hydrogen (secondary N) is 1. The minimum absolute atomic E-state index is 0.112. The molecule has 4 nitrogen and oxygen atoms in total. The van der Waals surface area contributed by atoms with Gasteiger partial charge in [-0.25, -0.2) is 9.07 Å². The number of aromatic nitrogens is 2. The summed E-state index contributed by atoms with van der Waals surface area (Å²) in [6.07, 6.45) is 1.75. The molecule has 3 rings (SSSR count). The molecule has 0 saturated heterocycles. The first-order valence-electron chi connectivity index (χ1n) is 7.41. The van der Waals surface area contributed by atoms with E-state index in [4.69, 9.17) is 0 Å². The van der Waals surface area contributed by atoms with E-state index in [9.17, 15) is 9.18 Å². The van der Waals surface area contributed by atoms with E-state index in [-0.39, 0.29) is 18.1 Å². The summed E-state index contributed by atoms with van der Waals surface area (Å²) in [6.45, 7) is 0.551. The van der Waals surface area contributed by atoms with E-state index in [2.05, 4.69) is 26.3 Å². The lowest BCUT2D eigenvalue weighted by Crippen LogP contribution is -2.18. The molecule has 1 N–H and O–H groups in total. The molecule has 2 aromatic carbocycles. The molecule has 3 aromatic rings. The monoisotopic (exact) mass is 387 g/mol. The van der Waals surface area contributed by atoms with Gasteiger partial charge >= 0.3 is 0 Å². The maximum atomic E-state index is 13.2. The Hall–Kier alpha value is -2.47. The Morgan fingerprint density at radius 3 is 2.67 bits per heavy atom. The number of anilines is 1. The van der Waals surface area contributed by atoms with Gasteiger partial charge in [0, 0.05) is 10.5 Å². The van der Waals surface area contributed by atoms with Crippen LogP contribution in [0.4, 0.5) is 10.2 Å². The second-order valence-corrected chi connectivity index (χ2v) is 6.27. The third-order valence-electron chi connectivity index (χ3n) is 3.48. The van der Waals surface area contributed by atoms with Crippen LogP contribution >= 0.6 is 15.9 Å². The maximum Gasteiger partial charge on any atom is 0.229 e. The molecule has 0 aliphatic rings. The molecule has 0 fully saturated rings. The van der Waals surface area contributed by atoms with Crippen LogP contribution in [-0.4, -0.2) is 15.7 Å². The first-order chi connectivity index (χ1) is 11.6. The lowest BCUT2D eigenvalue weighted by Gasteiger charge is -2.09. The topological polar surface area (TPSA) is 46.9 Å². The van der Waals surface area contributed by atoms with Crippen molar-refractivity contribution in [2.75, 3.05) is 5.32 Å². The minimum Gasteiger partial charge on any atom is -0.311 e. The van der Waals surface area contributed by atoms with Crippen molar-refractivity contribution in [3.8, 4) is 0 Å². The molecule has 1 heterocycles. The van der Waals surface area contributed by atoms with Gasteiger partial charge in [0.15, 0.2) is 0 Å². The van der Waals surface area contributed by atoms with Gasteiger partial charge in [0.25, 0.3) is 0 Å². The predicted octanol–water partition coefficient (Wildman–Crippen LogP) is 4.01. The number of hydrogen-bond acceptors (Lipinski definition) is 2. The SMILES string of the molecule is O=C(Cc1cccc(F)c1)Nc1ccnn1Cc1ccc(Br)cc1. The van der Waals surface area contributed by atoms with Crippen molar-refractivity contribution in [1.82, 2.24) is 9.78 Å². The average molecular weight is 388 g/mol. The molecule has 0 radical (unpaired) electrons. The number of benzene rings is 2. The van der Waals surface area contributed by atoms with Gasteiger partial charge in [-0.15, -0.1) is 0 Å². The van der Waals surface area contributed by atoms with Gasteiger partial charge in [0.2, 0.25) is 5.91 Å². The first-order valence-corrected chi connectivity index (χ1v) is 8.20. The normalized spacial score (nSPS) is 10.6. The van der Waals surface area contributed by atoms with Crippen molar-refractivity contribution in [2.24, 2.45) is 0 Å². The van der Waals surface area contributed by atoms with Crippen LogP contribution in [0.1, 0.15) is 11.1 Å². The average Bonchev–Trinajstić information content (AvgIpc) is 2.96. The van der Waals surface area contributed by atoms with Crippen LogP contribution in [0, 0.1) is 5.82 Å². The predicted molar refractivity (Wildman–Crippen MR) is 94.2 cm³/mol. The summed E-state index contributed by atoms with van der Waals surface area (Å²) < 4.78 is 15.9. The van der Waals surface area contributed by atoms with E-state index in [1.165, 1.54) is 12.1 Å². The van der Waals surface area contributed by atoms with E-state index in [1.54, 1.807) is 29.1 Å². The van der Waals surface area contributed by atoms with Crippen molar-refractivity contribution >= 4 is 27.7 Å². The van der Waals surface area contributed by atoms with Crippen LogP contribution in [0.15, 0.2) is 65.3 Å². The van der Waals surface area contributed by atoms with Crippen molar-refractivity contribution in [3.63, 3.8) is 0 Å². The Kier molecular flexibility index (Phi) is 5.05. The van der Waals surface area contributed by atoms with Crippen LogP contribution in [-0.2, 0) is 17.8 Å². The highest BCUT2D eigenvalue weighted by Crippen LogP contribution is 2.14. The quantitative estimate of drug-likeness (QED) is 0.718. The Bertz CT molecular complexity index is 845. The molecule has 1 aromatic heterocycles. The van der Waals surface area contributed by atoms with E-state index in [0.29, 0.717) is 17.9 Å². The van der Waals surface area contributed by atoms with Gasteiger partial charge in [-0.05, 0) is 35.4 Å². The summed E-state index contributed by atoms with van der Waals surface area (Å²) in [5.41, 5.74) is 1.70. The Labute approximate surface area is 147 Å². The Balaban J connectivity index is 1.66. The van der Waals surface area contributed by atoms with Crippen molar-refractivity contribution in [3.05, 3.63) is 82.2 Å². The second kappa shape index (κ2) is 7.40. The molecule has 0 aliphatic carbocycles. The summed E-state index contributed by atoms with van der Waals surface area (Å²) in [5.74, 6) is 0.0538. The van der Waals surface area contributed by atoms with Crippen LogP contribution in [0.2, 0.25) is 0 Å². The number of halogens is 2. The highest BCUT2D eigenvalue weighted by Gasteiger charge is 2.09. The molecule has 0 aliphatic heterocycles. The van der Waals surface area contributed by atoms with Crippen LogP contribution in [0.25, 0.3) is 0 Å². The first kappa shape index (κ1) is 16.4. The summed E-state index contributed by atoms with van der Waals surface area (Å²) >= 11 is 3.40. The molecule has 24 heavy (non-hydrogen) atoms. The molecule has 0 atom stereocenters. The van der Waals surface area contributed by atoms with Gasteiger partial charge in [-0.3, -0.25) is 4.79 Å². The third-order valence-corrected chi connectivity index (χ3v) is 4.01. The Morgan fingerprint density at radius 1 is 1.12 bits per heavy atom. The number of rotatable bonds is 5. The third kappa shape index (κ3) is 4.29. The molecular weight excluding hydrogens is 373 g/mol. The standard InChI is InChI=1S/C18H15BrFN3O/c19-15-6-4-13(5-7-15)12-23-17(8-9-21-23)22-18(24)11-14-2-1-3-16(20)10-14/h1-10H,11-12H2,(H,22,24). The van der Waals surface area contributed by atoms with Crippen molar-refractivity contribution < 1.29 is 9.18 Å². The highest BCUT2D eigenvalue weighted by atomic mass is 79.9. The van der Waals surface area contributed by atoms with Crippen molar-refractivity contribution in [2.45, 2.75) is 13.0 Å². The molecule has 122 valence electrons. The lowest BCUT2D eigenvalue weighted by molar-refractivity contribution is -0.115. The zero-order valence-electron chi connectivity index (χ0n) is 12.7. The van der Waals surface area contributed by atoms with Crippen molar-refractivity contribution in [1.29, 1.82) is 0 Å². The fourth-order valence-corrected chi connectivity index (χ4v) is 2.61. The molecular formula is C18H15BrFN3O. The van der Waals surface area contributed by atoms with Gasteiger partial charge in [0.05, 0.1) is 19.2 Å². The molecule has 6 heteroatoms. The zero-order chi connectivity index (χ0) is 16.9. The second-order valence-electron chi connectivity index (χ2n) is 5.36. The van der Waals surface area contributed by atoms with Gasteiger partial charge in [-0.1, -0.05) is 40.2 Å². The smallest absolute Gasteiger partial charge is 0.229 e. The Morgan fingerprint density at radius 2 is 1.92 bits per heavy atom. The fraction of sp³-hybridized carbons (Fsp3) is 0.111. The van der Waals surface area contributed by atoms with E-state index in [1.807, 2.05) is 24.3 Å². The maximum absolute atomic E-state index is 13.2. The largest absolute Gasteiger partial charge is 0.311 e. The minimum atomic E-state index is -0.347. The number of amides is 1. The van der Waals surface area contributed by atoms with Gasteiger partial charge in [0.1, 0.15) is 11.6 Å². The highest BCUT2D eigenvalue weighted by molar-refractivity contribution is 9.10. The molecule has 0 spiro atoms. The molecule has 0 unspecified atom stereocenters. The summed E-state index contributed by atoms with van der Waals surface area (Å²) in [6, 6.07) is 15.7. The molecule has 1 amide bonds. The van der Waals surface area contributed by atoms with E-state index >= 15 is 0 Å². The number of carbonyl (C=O) groups excluding carboxylic acids is 1. The summed E-state index contributed by atoms with van der Waals surface area (Å²) in [7, 11) is 0. The summed E-state index contributed by atoms with van der Waals surface area (Å²) in [4.78, 5) is 12.2. The number of carbonyl (C=O) groups is 1. The molecule has 0 bridgehead atoms. The zero-order valence-corrected chi connectivity index (χ0v) is 14.3. The van der Waals surface area contributed by atoms with E-state index in [0.717, 1.165) is 10.0 Å². The molecule has 0 saturated carbocycles. The number of nitrogens with zero attached hydrogens (tertiary/aromatic N) is 2. The number of hydrogen-bond donors (Lipinski definition) is 1. The van der Waals surface area contributed by atoms with Gasteiger partial charge < -0.3 is 5.32 Å². The summed E-state index contributed by atoms with van der Waals surface area (Å²) in [5, 5.41) is 7.06. The van der Waals surface area contributed by atoms with Gasteiger partial charge in [-0.2, -0.15) is 5.10 Å². The fourth-order valence-electron chi connectivity index (χ4n) is 2.35.